The summed E-state index contributed by atoms with van der Waals surface area (Å²) < 4.78 is 0. The molecule has 0 heterocycles. The van der Waals surface area contributed by atoms with E-state index >= 15 is 0 Å². The van der Waals surface area contributed by atoms with E-state index in [-0.39, 0.29) is 0 Å². The third-order valence-electron chi connectivity index (χ3n) is 0.660. The molecule has 0 amide bonds. The van der Waals surface area contributed by atoms with Gasteiger partial charge in [0.15, 0.2) is 0 Å². The van der Waals surface area contributed by atoms with E-state index in [1.165, 1.54) is 0 Å². The molecule has 0 aromatic rings. The van der Waals surface area contributed by atoms with Crippen LogP contribution in [0.2, 0.25) is 0 Å². The predicted octanol–water partition coefficient (Wildman–Crippen LogP) is 1.48. The molecule has 0 N–H and O–H groups in total. The summed E-state index contributed by atoms with van der Waals surface area (Å²) in [4.78, 5) is 3.79. The van der Waals surface area contributed by atoms with E-state index < -0.39 is 0 Å². The molecule has 0 aromatic heterocycles. The first-order chi connectivity index (χ1) is 3.35. The Morgan fingerprint density at radius 2 is 2.57 bits per heavy atom. The van der Waals surface area contributed by atoms with E-state index in [1.54, 1.807) is 13.1 Å². The van der Waals surface area contributed by atoms with Gasteiger partial charge >= 0.3 is 0 Å². The molecular weight excluding hydrogens is 110 g/mol. The zero-order chi connectivity index (χ0) is 5.70. The van der Waals surface area contributed by atoms with Gasteiger partial charge in [0.25, 0.3) is 0 Å². The highest BCUT2D eigenvalue weighted by atomic mass is 35.5. The standard InChI is InChI=1S/C5H8ClN/c1-3-5(4-6)7-2/h3H,1,4H2,2H3. The molecule has 0 rings (SSSR count). The van der Waals surface area contributed by atoms with Gasteiger partial charge in [-0.15, -0.1) is 11.6 Å². The Bertz CT molecular complexity index is 86.1. The summed E-state index contributed by atoms with van der Waals surface area (Å²) in [5, 5.41) is 0. The molecule has 0 saturated heterocycles. The molecule has 0 aliphatic heterocycles. The van der Waals surface area contributed by atoms with Crippen molar-refractivity contribution < 1.29 is 0 Å². The van der Waals surface area contributed by atoms with Crippen LogP contribution in [0.15, 0.2) is 17.6 Å². The van der Waals surface area contributed by atoms with Gasteiger partial charge in [0.1, 0.15) is 0 Å². The third kappa shape index (κ3) is 2.40. The summed E-state index contributed by atoms with van der Waals surface area (Å²) in [6, 6.07) is 0. The van der Waals surface area contributed by atoms with Gasteiger partial charge in [-0.05, 0) is 6.08 Å². The van der Waals surface area contributed by atoms with Crippen LogP contribution in [0.25, 0.3) is 0 Å². The lowest BCUT2D eigenvalue weighted by Crippen LogP contribution is -1.91. The molecule has 0 spiro atoms. The van der Waals surface area contributed by atoms with E-state index in [1.807, 2.05) is 0 Å². The minimum Gasteiger partial charge on any atom is -0.292 e. The monoisotopic (exact) mass is 117 g/mol. The average molecular weight is 118 g/mol. The average Bonchev–Trinajstić information content (AvgIpc) is 1.72. The number of rotatable bonds is 2. The quantitative estimate of drug-likeness (QED) is 0.384. The Morgan fingerprint density at radius 1 is 2.00 bits per heavy atom. The van der Waals surface area contributed by atoms with Crippen molar-refractivity contribution in [1.82, 2.24) is 0 Å². The smallest absolute Gasteiger partial charge is 0.0642 e. The summed E-state index contributed by atoms with van der Waals surface area (Å²) in [6.07, 6.45) is 1.65. The van der Waals surface area contributed by atoms with E-state index in [9.17, 15) is 0 Å². The fourth-order valence-electron chi connectivity index (χ4n) is 0.206. The van der Waals surface area contributed by atoms with E-state index in [2.05, 4.69) is 11.6 Å². The van der Waals surface area contributed by atoms with Gasteiger partial charge in [0.05, 0.1) is 5.88 Å². The van der Waals surface area contributed by atoms with Gasteiger partial charge in [-0.3, -0.25) is 4.99 Å². The van der Waals surface area contributed by atoms with E-state index in [0.29, 0.717) is 5.88 Å². The summed E-state index contributed by atoms with van der Waals surface area (Å²) in [5.41, 5.74) is 0.835. The highest BCUT2D eigenvalue weighted by Crippen LogP contribution is 1.81. The molecule has 2 heteroatoms. The van der Waals surface area contributed by atoms with Crippen LogP contribution in [-0.2, 0) is 0 Å². The minimum atomic E-state index is 0.458. The van der Waals surface area contributed by atoms with Crippen LogP contribution < -0.4 is 0 Å². The zero-order valence-electron chi connectivity index (χ0n) is 4.32. The van der Waals surface area contributed by atoms with Crippen molar-refractivity contribution in [1.29, 1.82) is 0 Å². The van der Waals surface area contributed by atoms with Crippen LogP contribution >= 0.6 is 11.6 Å². The number of hydrogen-bond acceptors (Lipinski definition) is 1. The maximum atomic E-state index is 5.37. The zero-order valence-corrected chi connectivity index (χ0v) is 5.07. The lowest BCUT2D eigenvalue weighted by molar-refractivity contribution is 1.43. The van der Waals surface area contributed by atoms with Crippen molar-refractivity contribution in [2.45, 2.75) is 0 Å². The molecule has 7 heavy (non-hydrogen) atoms. The molecule has 0 bridgehead atoms. The molecule has 0 aliphatic carbocycles. The molecule has 40 valence electrons. The first kappa shape index (κ1) is 6.70. The second kappa shape index (κ2) is 3.88. The maximum absolute atomic E-state index is 5.37. The summed E-state index contributed by atoms with van der Waals surface area (Å²) in [5.74, 6) is 0.458. The van der Waals surface area contributed by atoms with Crippen LogP contribution in [-0.4, -0.2) is 18.6 Å². The SMILES string of the molecule is C=CC(CCl)=NC. The topological polar surface area (TPSA) is 12.4 Å². The molecule has 1 nitrogen and oxygen atoms in total. The van der Waals surface area contributed by atoms with Crippen LogP contribution in [0.1, 0.15) is 0 Å². The molecule has 0 atom stereocenters. The molecule has 0 unspecified atom stereocenters. The van der Waals surface area contributed by atoms with Gasteiger partial charge in [-0.2, -0.15) is 0 Å². The normalized spacial score (nSPS) is 11.4. The highest BCUT2D eigenvalue weighted by molar-refractivity contribution is 6.30. The summed E-state index contributed by atoms with van der Waals surface area (Å²) >= 11 is 5.37. The van der Waals surface area contributed by atoms with Crippen LogP contribution in [0, 0.1) is 0 Å². The summed E-state index contributed by atoms with van der Waals surface area (Å²) in [7, 11) is 1.69. The van der Waals surface area contributed by atoms with Crippen molar-refractivity contribution in [3.8, 4) is 0 Å². The van der Waals surface area contributed by atoms with Gasteiger partial charge in [0, 0.05) is 12.8 Å². The Balaban J connectivity index is 3.60. The summed E-state index contributed by atoms with van der Waals surface area (Å²) in [6.45, 7) is 3.49. The number of hydrogen-bond donors (Lipinski definition) is 0. The number of nitrogens with zero attached hydrogens (tertiary/aromatic N) is 1. The van der Waals surface area contributed by atoms with Gasteiger partial charge < -0.3 is 0 Å². The van der Waals surface area contributed by atoms with Crippen molar-refractivity contribution in [3.05, 3.63) is 12.7 Å². The van der Waals surface area contributed by atoms with E-state index in [4.69, 9.17) is 11.6 Å². The second-order valence-electron chi connectivity index (χ2n) is 1.05. The number of aliphatic imine (C=N–C) groups is 1. The van der Waals surface area contributed by atoms with Crippen molar-refractivity contribution in [2.24, 2.45) is 4.99 Å². The second-order valence-corrected chi connectivity index (χ2v) is 1.32. The van der Waals surface area contributed by atoms with Gasteiger partial charge in [-0.25, -0.2) is 0 Å². The Hall–Kier alpha value is -0.300. The van der Waals surface area contributed by atoms with E-state index in [0.717, 1.165) is 5.71 Å². The first-order valence-corrected chi connectivity index (χ1v) is 2.52. The lowest BCUT2D eigenvalue weighted by atomic mass is 10.4. The Kier molecular flexibility index (Phi) is 3.71. The number of alkyl halides is 1. The molecule has 0 aromatic carbocycles. The largest absolute Gasteiger partial charge is 0.292 e. The molecule has 0 aliphatic rings. The van der Waals surface area contributed by atoms with Crippen LogP contribution in [0.4, 0.5) is 0 Å². The number of allylic oxidation sites excluding steroid dienone is 1. The molecular formula is C5H8ClN. The lowest BCUT2D eigenvalue weighted by Gasteiger charge is -1.85. The Morgan fingerprint density at radius 3 is 2.57 bits per heavy atom. The first-order valence-electron chi connectivity index (χ1n) is 1.99. The third-order valence-corrected chi connectivity index (χ3v) is 0.934. The molecule has 0 saturated carbocycles. The van der Waals surface area contributed by atoms with Crippen molar-refractivity contribution >= 4 is 17.3 Å². The Labute approximate surface area is 48.7 Å². The van der Waals surface area contributed by atoms with Crippen molar-refractivity contribution in [2.75, 3.05) is 12.9 Å². The molecule has 0 fully saturated rings. The fourth-order valence-corrected chi connectivity index (χ4v) is 0.434. The fraction of sp³-hybridized carbons (Fsp3) is 0.400. The minimum absolute atomic E-state index is 0.458. The maximum Gasteiger partial charge on any atom is 0.0642 e. The van der Waals surface area contributed by atoms with Crippen LogP contribution in [0.5, 0.6) is 0 Å². The predicted molar refractivity (Wildman–Crippen MR) is 34.3 cm³/mol. The van der Waals surface area contributed by atoms with Crippen molar-refractivity contribution in [3.63, 3.8) is 0 Å². The van der Waals surface area contributed by atoms with Crippen LogP contribution in [0.3, 0.4) is 0 Å². The number of halogens is 1. The molecule has 0 radical (unpaired) electrons. The highest BCUT2D eigenvalue weighted by Gasteiger charge is 1.81. The van der Waals surface area contributed by atoms with Gasteiger partial charge in [-0.1, -0.05) is 6.58 Å². The van der Waals surface area contributed by atoms with Gasteiger partial charge in [0.2, 0.25) is 0 Å².